The van der Waals surface area contributed by atoms with E-state index in [1.54, 1.807) is 6.92 Å². The molecule has 3 aliphatic rings. The first-order valence-corrected chi connectivity index (χ1v) is 15.7. The summed E-state index contributed by atoms with van der Waals surface area (Å²) in [5.74, 6) is -3.50. The predicted molar refractivity (Wildman–Crippen MR) is 162 cm³/mol. The molecule has 3 N–H and O–H groups in total. The number of hydrogen-bond donors (Lipinski definition) is 1. The predicted octanol–water partition coefficient (Wildman–Crippen LogP) is 3.47. The van der Waals surface area contributed by atoms with E-state index in [0.717, 1.165) is 28.7 Å². The summed E-state index contributed by atoms with van der Waals surface area (Å²) >= 11 is 3.81. The van der Waals surface area contributed by atoms with Gasteiger partial charge in [0.05, 0.1) is 16.7 Å². The Labute approximate surface area is 276 Å². The SMILES string of the molecule is Cc1noc([C@@H]([NH3+])CCCCN2C(=O)C3C4(C)C(=O)C(C)(C(c5ccccc5)=C4c4ccccc4)C3(Br)C2=O)n1.O=C([O-])C(F)(F)F. The molecular weight excluding hydrogens is 685 g/mol. The maximum atomic E-state index is 14.4. The minimum absolute atomic E-state index is 0.0873. The van der Waals surface area contributed by atoms with Gasteiger partial charge in [-0.2, -0.15) is 18.2 Å². The van der Waals surface area contributed by atoms with Crippen LogP contribution in [0.5, 0.6) is 0 Å². The summed E-state index contributed by atoms with van der Waals surface area (Å²) in [5, 5.41) is 12.6. The van der Waals surface area contributed by atoms with Crippen molar-refractivity contribution < 1.29 is 47.7 Å². The average molecular weight is 718 g/mol. The zero-order valence-corrected chi connectivity index (χ0v) is 27.4. The molecule has 1 saturated carbocycles. The first kappa shape index (κ1) is 34.2. The summed E-state index contributed by atoms with van der Waals surface area (Å²) in [5.41, 5.74) is 5.15. The van der Waals surface area contributed by atoms with E-state index in [1.165, 1.54) is 4.90 Å². The number of aromatic nitrogens is 2. The third kappa shape index (κ3) is 5.21. The van der Waals surface area contributed by atoms with Crippen molar-refractivity contribution in [2.45, 2.75) is 56.6 Å². The van der Waals surface area contributed by atoms with Crippen LogP contribution in [-0.2, 0) is 19.2 Å². The number of rotatable bonds is 8. The van der Waals surface area contributed by atoms with Crippen LogP contribution in [0.1, 0.15) is 62.0 Å². The molecular formula is C33H32BrF3N4O6. The molecule has 0 spiro atoms. The highest BCUT2D eigenvalue weighted by atomic mass is 79.9. The maximum Gasteiger partial charge on any atom is 0.430 e. The van der Waals surface area contributed by atoms with Crippen molar-refractivity contribution in [2.75, 3.05) is 6.54 Å². The van der Waals surface area contributed by atoms with E-state index in [4.69, 9.17) is 14.4 Å². The van der Waals surface area contributed by atoms with E-state index in [0.29, 0.717) is 24.6 Å². The third-order valence-corrected chi connectivity index (χ3v) is 11.0. The van der Waals surface area contributed by atoms with Crippen molar-refractivity contribution in [3.63, 3.8) is 0 Å². The molecule has 2 aromatic carbocycles. The number of alkyl halides is 4. The van der Waals surface area contributed by atoms with Crippen molar-refractivity contribution in [3.05, 3.63) is 83.5 Å². The number of carbonyl (C=O) groups excluding carboxylic acids is 4. The largest absolute Gasteiger partial charge is 0.542 e. The molecule has 10 nitrogen and oxygen atoms in total. The number of imide groups is 1. The van der Waals surface area contributed by atoms with E-state index in [1.807, 2.05) is 74.5 Å². The second-order valence-electron chi connectivity index (χ2n) is 12.2. The van der Waals surface area contributed by atoms with Crippen LogP contribution in [0, 0.1) is 23.7 Å². The fourth-order valence-electron chi connectivity index (χ4n) is 7.33. The topological polar surface area (TPSA) is 161 Å². The van der Waals surface area contributed by atoms with Gasteiger partial charge < -0.3 is 20.2 Å². The molecule has 0 radical (unpaired) electrons. The number of carboxylic acid groups (broad SMARTS) is 1. The maximum absolute atomic E-state index is 14.4. The minimum atomic E-state index is -5.19. The molecule has 1 aliphatic heterocycles. The zero-order valence-electron chi connectivity index (χ0n) is 25.8. The van der Waals surface area contributed by atoms with Gasteiger partial charge in [0, 0.05) is 13.0 Å². The van der Waals surface area contributed by atoms with Crippen molar-refractivity contribution in [1.82, 2.24) is 15.0 Å². The number of fused-ring (bicyclic) bond motifs is 5. The Bertz CT molecular complexity index is 1760. The summed E-state index contributed by atoms with van der Waals surface area (Å²) in [6.45, 7) is 5.74. The Kier molecular flexibility index (Phi) is 8.82. The molecule has 2 heterocycles. The van der Waals surface area contributed by atoms with Crippen molar-refractivity contribution in [1.29, 1.82) is 0 Å². The number of unbranched alkanes of at least 4 members (excludes halogenated alkanes) is 1. The summed E-state index contributed by atoms with van der Waals surface area (Å²) in [6.07, 6.45) is -3.17. The van der Waals surface area contributed by atoms with Gasteiger partial charge in [-0.05, 0) is 55.9 Å². The number of nitrogens with zero attached hydrogens (tertiary/aromatic N) is 3. The number of quaternary nitrogens is 1. The van der Waals surface area contributed by atoms with Gasteiger partial charge in [-0.1, -0.05) is 81.8 Å². The Balaban J connectivity index is 0.000000559. The average Bonchev–Trinajstić information content (AvgIpc) is 3.65. The van der Waals surface area contributed by atoms with Gasteiger partial charge >= 0.3 is 6.18 Å². The molecule has 1 saturated heterocycles. The van der Waals surface area contributed by atoms with Crippen LogP contribution in [0.4, 0.5) is 13.2 Å². The van der Waals surface area contributed by atoms with E-state index < -0.39 is 33.2 Å². The van der Waals surface area contributed by atoms with Gasteiger partial charge in [-0.15, -0.1) is 0 Å². The molecule has 2 aliphatic carbocycles. The van der Waals surface area contributed by atoms with Crippen LogP contribution in [0.15, 0.2) is 65.2 Å². The number of carboxylic acids is 1. The Morgan fingerprint density at radius 3 is 2.04 bits per heavy atom. The number of amides is 2. The molecule has 5 atom stereocenters. The standard InChI is InChI=1S/C31H31BrN4O4.C2HF3O2/c1-18-34-25(40-35-18)21(33)16-10-11-17-36-26(37)24-29(2)22(19-12-6-4-7-13-19)23(20-14-8-5-9-15-20)30(3,27(29)38)31(24,32)28(36)39;3-2(4,5)1(6)7/h4-9,12-15,21,24H,10-11,16-17,33H2,1-3H3;(H,6,7)/t21-,24?,29?,30?,31?;/m0./s1. The summed E-state index contributed by atoms with van der Waals surface area (Å²) in [4.78, 5) is 57.2. The highest BCUT2D eigenvalue weighted by Crippen LogP contribution is 2.77. The molecule has 1 aromatic heterocycles. The zero-order chi connectivity index (χ0) is 34.5. The van der Waals surface area contributed by atoms with Crippen LogP contribution in [0.2, 0.25) is 0 Å². The number of carbonyl (C=O) groups is 4. The molecule has 248 valence electrons. The van der Waals surface area contributed by atoms with Crippen LogP contribution in [0.3, 0.4) is 0 Å². The van der Waals surface area contributed by atoms with Gasteiger partial charge in [0.2, 0.25) is 11.8 Å². The third-order valence-electron chi connectivity index (χ3n) is 9.40. The second-order valence-corrected chi connectivity index (χ2v) is 13.5. The normalized spacial score (nSPS) is 27.2. The Morgan fingerprint density at radius 2 is 1.55 bits per heavy atom. The Morgan fingerprint density at radius 1 is 1.02 bits per heavy atom. The van der Waals surface area contributed by atoms with E-state index >= 15 is 0 Å². The number of ketones is 1. The lowest BCUT2D eigenvalue weighted by Gasteiger charge is -2.41. The summed E-state index contributed by atoms with van der Waals surface area (Å²) in [6, 6.07) is 19.4. The van der Waals surface area contributed by atoms with Gasteiger partial charge in [0.25, 0.3) is 5.89 Å². The monoisotopic (exact) mass is 716 g/mol. The van der Waals surface area contributed by atoms with Gasteiger partial charge in [-0.25, -0.2) is 0 Å². The number of hydrogen-bond acceptors (Lipinski definition) is 8. The lowest BCUT2D eigenvalue weighted by atomic mass is 9.63. The lowest BCUT2D eigenvalue weighted by Crippen LogP contribution is -2.53. The smallest absolute Gasteiger partial charge is 0.430 e. The van der Waals surface area contributed by atoms with Gasteiger partial charge in [0.15, 0.2) is 17.6 Å². The number of aliphatic carboxylic acids is 1. The fourth-order valence-corrected chi connectivity index (χ4v) is 8.58. The summed E-state index contributed by atoms with van der Waals surface area (Å²) in [7, 11) is 0. The molecule has 47 heavy (non-hydrogen) atoms. The molecule has 6 rings (SSSR count). The molecule has 2 bridgehead atoms. The number of benzene rings is 2. The minimum Gasteiger partial charge on any atom is -0.542 e. The number of Topliss-reactive ketones (excluding diaryl/α,β-unsaturated/α-hetero) is 1. The number of halogens is 4. The van der Waals surface area contributed by atoms with Crippen LogP contribution in [-0.4, -0.2) is 55.7 Å². The molecule has 2 amide bonds. The van der Waals surface area contributed by atoms with Crippen LogP contribution >= 0.6 is 15.9 Å². The van der Waals surface area contributed by atoms with Crippen molar-refractivity contribution >= 4 is 50.6 Å². The quantitative estimate of drug-likeness (QED) is 0.211. The molecule has 14 heteroatoms. The van der Waals surface area contributed by atoms with Gasteiger partial charge in [-0.3, -0.25) is 19.3 Å². The van der Waals surface area contributed by atoms with Crippen molar-refractivity contribution in [3.8, 4) is 0 Å². The summed E-state index contributed by atoms with van der Waals surface area (Å²) < 4.78 is 35.4. The number of likely N-dealkylation sites (tertiary alicyclic amines) is 1. The molecule has 4 unspecified atom stereocenters. The Hall–Kier alpha value is -4.17. The van der Waals surface area contributed by atoms with Crippen LogP contribution < -0.4 is 10.8 Å². The first-order chi connectivity index (χ1) is 22.0. The highest BCUT2D eigenvalue weighted by molar-refractivity contribution is 9.10. The van der Waals surface area contributed by atoms with E-state index in [2.05, 4.69) is 31.8 Å². The number of aryl methyl sites for hydroxylation is 1. The fraction of sp³-hybridized carbons (Fsp3) is 0.394. The van der Waals surface area contributed by atoms with E-state index in [9.17, 15) is 27.6 Å². The lowest BCUT2D eigenvalue weighted by molar-refractivity contribution is -0.433. The molecule has 3 aromatic rings. The molecule has 2 fully saturated rings. The first-order valence-electron chi connectivity index (χ1n) is 14.9. The number of allylic oxidation sites excluding steroid dienone is 2. The van der Waals surface area contributed by atoms with E-state index in [-0.39, 0.29) is 30.2 Å². The van der Waals surface area contributed by atoms with Crippen LogP contribution in [0.25, 0.3) is 11.1 Å². The van der Waals surface area contributed by atoms with Crippen molar-refractivity contribution in [2.24, 2.45) is 16.7 Å². The van der Waals surface area contributed by atoms with Gasteiger partial charge in [0.1, 0.15) is 10.3 Å². The highest BCUT2D eigenvalue weighted by Gasteiger charge is 2.85. The second kappa shape index (κ2) is 12.1.